The first-order chi connectivity index (χ1) is 5.68. The van der Waals surface area contributed by atoms with Crippen molar-refractivity contribution in [2.24, 2.45) is 0 Å². The Morgan fingerprint density at radius 3 is 2.92 bits per heavy atom. The molecule has 0 aliphatic carbocycles. The normalized spacial score (nSPS) is 10.9. The molecule has 0 saturated heterocycles. The predicted octanol–water partition coefficient (Wildman–Crippen LogP) is 1.61. The number of hydrogen-bond acceptors (Lipinski definition) is 3. The minimum absolute atomic E-state index is 0.693. The molecule has 1 aromatic rings. The molecule has 0 amide bonds. The lowest BCUT2D eigenvalue weighted by Gasteiger charge is -2.03. The summed E-state index contributed by atoms with van der Waals surface area (Å²) in [7, 11) is 0. The molecular weight excluding hydrogens is 170 g/mol. The molecule has 0 radical (unpaired) electrons. The lowest BCUT2D eigenvalue weighted by atomic mass is 10.6. The van der Waals surface area contributed by atoms with Crippen molar-refractivity contribution < 1.29 is 0 Å². The highest BCUT2D eigenvalue weighted by atomic mass is 32.2. The van der Waals surface area contributed by atoms with Crippen LogP contribution in [0, 0.1) is 0 Å². The van der Waals surface area contributed by atoms with Crippen molar-refractivity contribution in [2.75, 3.05) is 11.5 Å². The number of rotatable bonds is 4. The number of nitrogens with two attached hydrogens (primary N) is 1. The van der Waals surface area contributed by atoms with E-state index in [0.29, 0.717) is 5.25 Å². The van der Waals surface area contributed by atoms with E-state index in [0.717, 1.165) is 18.0 Å². The Kier molecular flexibility index (Phi) is 3.47. The summed E-state index contributed by atoms with van der Waals surface area (Å²) < 4.78 is 1.88. The molecule has 0 aromatic carbocycles. The Bertz CT molecular complexity index is 232. The van der Waals surface area contributed by atoms with Gasteiger partial charge in [-0.3, -0.25) is 4.68 Å². The van der Waals surface area contributed by atoms with Gasteiger partial charge < -0.3 is 5.73 Å². The third kappa shape index (κ3) is 3.17. The Morgan fingerprint density at radius 1 is 1.67 bits per heavy atom. The van der Waals surface area contributed by atoms with Gasteiger partial charge in [0.1, 0.15) is 0 Å². The molecule has 0 atom stereocenters. The van der Waals surface area contributed by atoms with Crippen molar-refractivity contribution in [3.63, 3.8) is 0 Å². The van der Waals surface area contributed by atoms with Gasteiger partial charge in [0, 0.05) is 11.9 Å². The second-order valence-corrected chi connectivity index (χ2v) is 4.64. The highest BCUT2D eigenvalue weighted by Gasteiger charge is 1.96. The first-order valence-electron chi connectivity index (χ1n) is 4.08. The Hall–Kier alpha value is -0.640. The maximum Gasteiger partial charge on any atom is 0.0719 e. The lowest BCUT2D eigenvalue weighted by molar-refractivity contribution is 0.666. The molecule has 1 heterocycles. The number of aryl methyl sites for hydroxylation is 1. The SMILES string of the molecule is CC(C)SCCn1cc(N)cn1. The summed E-state index contributed by atoms with van der Waals surface area (Å²) in [6, 6.07) is 0. The van der Waals surface area contributed by atoms with Crippen molar-refractivity contribution in [1.29, 1.82) is 0 Å². The fourth-order valence-electron chi connectivity index (χ4n) is 0.884. The molecular formula is C8H15N3S. The van der Waals surface area contributed by atoms with Gasteiger partial charge in [-0.15, -0.1) is 0 Å². The van der Waals surface area contributed by atoms with E-state index in [1.54, 1.807) is 6.20 Å². The van der Waals surface area contributed by atoms with Crippen LogP contribution in [0.1, 0.15) is 13.8 Å². The molecule has 2 N–H and O–H groups in total. The zero-order chi connectivity index (χ0) is 8.97. The summed E-state index contributed by atoms with van der Waals surface area (Å²) in [5, 5.41) is 4.78. The monoisotopic (exact) mass is 185 g/mol. The first-order valence-corrected chi connectivity index (χ1v) is 5.13. The number of thioether (sulfide) groups is 1. The summed E-state index contributed by atoms with van der Waals surface area (Å²) in [6.07, 6.45) is 3.54. The van der Waals surface area contributed by atoms with E-state index in [1.807, 2.05) is 22.6 Å². The van der Waals surface area contributed by atoms with E-state index in [2.05, 4.69) is 18.9 Å². The van der Waals surface area contributed by atoms with E-state index >= 15 is 0 Å². The zero-order valence-corrected chi connectivity index (χ0v) is 8.34. The molecule has 68 valence electrons. The Balaban J connectivity index is 2.24. The summed E-state index contributed by atoms with van der Waals surface area (Å²) in [5.74, 6) is 1.10. The first kappa shape index (κ1) is 9.45. The van der Waals surface area contributed by atoms with Crippen LogP contribution in [0.4, 0.5) is 5.69 Å². The largest absolute Gasteiger partial charge is 0.396 e. The average Bonchev–Trinajstić information content (AvgIpc) is 2.35. The van der Waals surface area contributed by atoms with E-state index in [9.17, 15) is 0 Å². The van der Waals surface area contributed by atoms with Crippen LogP contribution in [-0.2, 0) is 6.54 Å². The Labute approximate surface area is 77.3 Å². The molecule has 0 aliphatic rings. The van der Waals surface area contributed by atoms with Crippen molar-refractivity contribution in [1.82, 2.24) is 9.78 Å². The second kappa shape index (κ2) is 4.40. The third-order valence-corrected chi connectivity index (χ3v) is 2.51. The molecule has 0 bridgehead atoms. The number of anilines is 1. The molecule has 0 unspecified atom stereocenters. The summed E-state index contributed by atoms with van der Waals surface area (Å²) in [4.78, 5) is 0. The van der Waals surface area contributed by atoms with Crippen LogP contribution in [0.2, 0.25) is 0 Å². The fourth-order valence-corrected chi connectivity index (χ4v) is 1.65. The van der Waals surface area contributed by atoms with Crippen LogP contribution >= 0.6 is 11.8 Å². The van der Waals surface area contributed by atoms with Crippen molar-refractivity contribution >= 4 is 17.4 Å². The Morgan fingerprint density at radius 2 is 2.42 bits per heavy atom. The van der Waals surface area contributed by atoms with Crippen molar-refractivity contribution in [3.05, 3.63) is 12.4 Å². The van der Waals surface area contributed by atoms with Gasteiger partial charge in [0.05, 0.1) is 18.4 Å². The molecule has 0 saturated carbocycles. The topological polar surface area (TPSA) is 43.8 Å². The van der Waals surface area contributed by atoms with Gasteiger partial charge in [-0.25, -0.2) is 0 Å². The minimum Gasteiger partial charge on any atom is -0.396 e. The van der Waals surface area contributed by atoms with Gasteiger partial charge in [0.25, 0.3) is 0 Å². The van der Waals surface area contributed by atoms with Gasteiger partial charge in [-0.2, -0.15) is 16.9 Å². The van der Waals surface area contributed by atoms with Gasteiger partial charge in [0.2, 0.25) is 0 Å². The highest BCUT2D eigenvalue weighted by molar-refractivity contribution is 7.99. The number of hydrogen-bond donors (Lipinski definition) is 1. The summed E-state index contributed by atoms with van der Waals surface area (Å²) in [5.41, 5.74) is 6.26. The van der Waals surface area contributed by atoms with Gasteiger partial charge >= 0.3 is 0 Å². The standard InChI is InChI=1S/C8H15N3S/c1-7(2)12-4-3-11-6-8(9)5-10-11/h5-7H,3-4,9H2,1-2H3. The lowest BCUT2D eigenvalue weighted by Crippen LogP contribution is -2.02. The molecule has 0 aliphatic heterocycles. The maximum atomic E-state index is 5.52. The quantitative estimate of drug-likeness (QED) is 0.775. The zero-order valence-electron chi connectivity index (χ0n) is 7.53. The average molecular weight is 185 g/mol. The fraction of sp³-hybridized carbons (Fsp3) is 0.625. The molecule has 12 heavy (non-hydrogen) atoms. The van der Waals surface area contributed by atoms with E-state index in [4.69, 9.17) is 5.73 Å². The van der Waals surface area contributed by atoms with Crippen molar-refractivity contribution in [3.8, 4) is 0 Å². The van der Waals surface area contributed by atoms with Crippen LogP contribution in [0.25, 0.3) is 0 Å². The van der Waals surface area contributed by atoms with Crippen LogP contribution < -0.4 is 5.73 Å². The molecule has 0 spiro atoms. The summed E-state index contributed by atoms with van der Waals surface area (Å²) in [6.45, 7) is 5.34. The second-order valence-electron chi connectivity index (χ2n) is 2.96. The van der Waals surface area contributed by atoms with E-state index in [-0.39, 0.29) is 0 Å². The van der Waals surface area contributed by atoms with Crippen LogP contribution in [0.5, 0.6) is 0 Å². The molecule has 1 rings (SSSR count). The summed E-state index contributed by atoms with van der Waals surface area (Å²) >= 11 is 1.93. The van der Waals surface area contributed by atoms with Crippen molar-refractivity contribution in [2.45, 2.75) is 25.6 Å². The molecule has 0 fully saturated rings. The van der Waals surface area contributed by atoms with Crippen LogP contribution in [0.15, 0.2) is 12.4 Å². The van der Waals surface area contributed by atoms with Gasteiger partial charge in [0.15, 0.2) is 0 Å². The minimum atomic E-state index is 0.693. The van der Waals surface area contributed by atoms with E-state index < -0.39 is 0 Å². The highest BCUT2D eigenvalue weighted by Crippen LogP contribution is 2.09. The van der Waals surface area contributed by atoms with E-state index in [1.165, 1.54) is 0 Å². The predicted molar refractivity (Wildman–Crippen MR) is 54.2 cm³/mol. The number of nitrogen functional groups attached to an aromatic ring is 1. The molecule has 3 nitrogen and oxygen atoms in total. The maximum absolute atomic E-state index is 5.52. The van der Waals surface area contributed by atoms with Gasteiger partial charge in [-0.05, 0) is 5.25 Å². The molecule has 4 heteroatoms. The van der Waals surface area contributed by atoms with Gasteiger partial charge in [-0.1, -0.05) is 13.8 Å². The third-order valence-electron chi connectivity index (χ3n) is 1.42. The number of nitrogens with zero attached hydrogens (tertiary/aromatic N) is 2. The van der Waals surface area contributed by atoms with Crippen LogP contribution in [0.3, 0.4) is 0 Å². The molecule has 1 aromatic heterocycles. The smallest absolute Gasteiger partial charge is 0.0719 e. The number of aromatic nitrogens is 2. The van der Waals surface area contributed by atoms with Crippen LogP contribution in [-0.4, -0.2) is 20.8 Å².